The molecule has 0 fully saturated rings. The lowest BCUT2D eigenvalue weighted by Crippen LogP contribution is -1.73. The van der Waals surface area contributed by atoms with Gasteiger partial charge >= 0.3 is 0 Å². The maximum absolute atomic E-state index is 12.4. The van der Waals surface area contributed by atoms with Crippen molar-refractivity contribution in [1.29, 1.82) is 0 Å². The summed E-state index contributed by atoms with van der Waals surface area (Å²) in [4.78, 5) is 0. The van der Waals surface area contributed by atoms with E-state index in [1.54, 1.807) is 18.2 Å². The first-order valence-electron chi connectivity index (χ1n) is 2.80. The summed E-state index contributed by atoms with van der Waals surface area (Å²) < 4.78 is 12.4. The van der Waals surface area contributed by atoms with Crippen molar-refractivity contribution in [3.63, 3.8) is 0 Å². The molecule has 0 amide bonds. The van der Waals surface area contributed by atoms with Gasteiger partial charge in [-0.2, -0.15) is 0 Å². The van der Waals surface area contributed by atoms with Gasteiger partial charge in [-0.25, -0.2) is 4.39 Å². The van der Waals surface area contributed by atoms with Gasteiger partial charge in [0, 0.05) is 10.6 Å². The molecule has 0 bridgehead atoms. The molecule has 0 spiro atoms. The highest BCUT2D eigenvalue weighted by Crippen LogP contribution is 2.17. The highest BCUT2D eigenvalue weighted by atomic mass is 35.5. The summed E-state index contributed by atoms with van der Waals surface area (Å²) in [7, 11) is 0. The van der Waals surface area contributed by atoms with Gasteiger partial charge in [0.25, 0.3) is 0 Å². The van der Waals surface area contributed by atoms with Crippen LogP contribution in [0.4, 0.5) is 4.39 Å². The van der Waals surface area contributed by atoms with E-state index < -0.39 is 5.83 Å². The van der Waals surface area contributed by atoms with E-state index in [1.165, 1.54) is 6.07 Å². The second-order valence-corrected chi connectivity index (χ2v) is 2.35. The molecule has 0 nitrogen and oxygen atoms in total. The number of hydrogen-bond donors (Lipinski definition) is 0. The van der Waals surface area contributed by atoms with Crippen molar-refractivity contribution < 1.29 is 4.39 Å². The number of hydrogen-bond acceptors (Lipinski definition) is 0. The largest absolute Gasteiger partial charge is 0.207 e. The first-order valence-corrected chi connectivity index (χ1v) is 3.18. The van der Waals surface area contributed by atoms with E-state index in [0.29, 0.717) is 10.6 Å². The van der Waals surface area contributed by atoms with Crippen LogP contribution in [0.1, 0.15) is 5.56 Å². The molecule has 1 aromatic rings. The molecule has 0 N–H and O–H groups in total. The molecule has 0 aliphatic heterocycles. The fraction of sp³-hybridized carbons (Fsp3) is 0. The maximum atomic E-state index is 12.4. The van der Waals surface area contributed by atoms with Crippen LogP contribution in [0.5, 0.6) is 0 Å². The molecule has 0 radical (unpaired) electrons. The van der Waals surface area contributed by atoms with Gasteiger partial charge in [-0.1, -0.05) is 30.3 Å². The standard InChI is InChI=1S/C8H6ClF/c1-6(10)7-3-2-4-8(9)5-7/h2-5H,1H2. The average Bonchev–Trinajstić information content (AvgIpc) is 1.88. The Kier molecular flexibility index (Phi) is 2.07. The highest BCUT2D eigenvalue weighted by molar-refractivity contribution is 6.30. The van der Waals surface area contributed by atoms with Gasteiger partial charge in [0.1, 0.15) is 5.83 Å². The van der Waals surface area contributed by atoms with Gasteiger partial charge in [-0.05, 0) is 12.1 Å². The normalized spacial score (nSPS) is 9.40. The zero-order valence-electron chi connectivity index (χ0n) is 5.27. The summed E-state index contributed by atoms with van der Waals surface area (Å²) >= 11 is 5.58. The molecule has 1 aromatic carbocycles. The second kappa shape index (κ2) is 2.84. The first-order chi connectivity index (χ1) is 4.70. The van der Waals surface area contributed by atoms with E-state index in [4.69, 9.17) is 11.6 Å². The Morgan fingerprint density at radius 1 is 1.50 bits per heavy atom. The van der Waals surface area contributed by atoms with Crippen LogP contribution in [0, 0.1) is 0 Å². The van der Waals surface area contributed by atoms with Gasteiger partial charge in [-0.15, -0.1) is 0 Å². The van der Waals surface area contributed by atoms with E-state index in [2.05, 4.69) is 6.58 Å². The molecule has 0 saturated heterocycles. The van der Waals surface area contributed by atoms with Crippen LogP contribution in [0.15, 0.2) is 30.8 Å². The lowest BCUT2D eigenvalue weighted by atomic mass is 10.2. The molecule has 0 heterocycles. The van der Waals surface area contributed by atoms with Crippen LogP contribution in [0.3, 0.4) is 0 Å². The Balaban J connectivity index is 3.07. The number of rotatable bonds is 1. The Hall–Kier alpha value is -0.820. The summed E-state index contributed by atoms with van der Waals surface area (Å²) in [5.74, 6) is -0.456. The van der Waals surface area contributed by atoms with Crippen molar-refractivity contribution in [2.45, 2.75) is 0 Å². The lowest BCUT2D eigenvalue weighted by Gasteiger charge is -1.94. The van der Waals surface area contributed by atoms with Crippen LogP contribution < -0.4 is 0 Å². The van der Waals surface area contributed by atoms with Crippen molar-refractivity contribution in [3.05, 3.63) is 41.4 Å². The summed E-state index contributed by atoms with van der Waals surface area (Å²) in [6.45, 7) is 3.14. The SMILES string of the molecule is C=C(F)c1cccc(Cl)c1. The van der Waals surface area contributed by atoms with Crippen LogP contribution in [0.25, 0.3) is 5.83 Å². The van der Waals surface area contributed by atoms with Crippen LogP contribution in [0.2, 0.25) is 5.02 Å². The average molecular weight is 157 g/mol. The van der Waals surface area contributed by atoms with Crippen molar-refractivity contribution in [2.24, 2.45) is 0 Å². The quantitative estimate of drug-likeness (QED) is 0.586. The fourth-order valence-electron chi connectivity index (χ4n) is 0.657. The Morgan fingerprint density at radius 2 is 2.20 bits per heavy atom. The van der Waals surface area contributed by atoms with Gasteiger partial charge < -0.3 is 0 Å². The van der Waals surface area contributed by atoms with E-state index in [1.807, 2.05) is 0 Å². The van der Waals surface area contributed by atoms with Crippen molar-refractivity contribution in [3.8, 4) is 0 Å². The smallest absolute Gasteiger partial charge is 0.123 e. The molecule has 0 aliphatic rings. The van der Waals surface area contributed by atoms with Crippen LogP contribution in [-0.2, 0) is 0 Å². The Labute approximate surface area is 63.9 Å². The Morgan fingerprint density at radius 3 is 2.60 bits per heavy atom. The minimum absolute atomic E-state index is 0.438. The van der Waals surface area contributed by atoms with Crippen LogP contribution >= 0.6 is 11.6 Å². The summed E-state index contributed by atoms with van der Waals surface area (Å²) in [5, 5.41) is 0.524. The van der Waals surface area contributed by atoms with Gasteiger partial charge in [0.15, 0.2) is 0 Å². The zero-order valence-corrected chi connectivity index (χ0v) is 6.03. The lowest BCUT2D eigenvalue weighted by molar-refractivity contribution is 0.763. The molecule has 0 aromatic heterocycles. The van der Waals surface area contributed by atoms with Gasteiger partial charge in [-0.3, -0.25) is 0 Å². The third-order valence-electron chi connectivity index (χ3n) is 1.14. The first kappa shape index (κ1) is 7.29. The molecule has 2 heteroatoms. The molecule has 0 atom stereocenters. The van der Waals surface area contributed by atoms with Gasteiger partial charge in [0.05, 0.1) is 0 Å². The predicted octanol–water partition coefficient (Wildman–Crippen LogP) is 3.28. The summed E-state index contributed by atoms with van der Waals surface area (Å²) in [5.41, 5.74) is 0.438. The van der Waals surface area contributed by atoms with Crippen molar-refractivity contribution in [1.82, 2.24) is 0 Å². The second-order valence-electron chi connectivity index (χ2n) is 1.92. The maximum Gasteiger partial charge on any atom is 0.123 e. The van der Waals surface area contributed by atoms with E-state index in [0.717, 1.165) is 0 Å². The molecular weight excluding hydrogens is 151 g/mol. The fourth-order valence-corrected chi connectivity index (χ4v) is 0.848. The molecule has 0 unspecified atom stereocenters. The molecule has 52 valence electrons. The van der Waals surface area contributed by atoms with Crippen molar-refractivity contribution >= 4 is 17.4 Å². The predicted molar refractivity (Wildman–Crippen MR) is 41.6 cm³/mol. The van der Waals surface area contributed by atoms with Crippen molar-refractivity contribution in [2.75, 3.05) is 0 Å². The summed E-state index contributed by atoms with van der Waals surface area (Å²) in [6, 6.07) is 6.52. The molecule has 0 saturated carbocycles. The third kappa shape index (κ3) is 1.58. The third-order valence-corrected chi connectivity index (χ3v) is 1.37. The number of benzene rings is 1. The molecule has 10 heavy (non-hydrogen) atoms. The molecule has 1 rings (SSSR count). The molecule has 0 aliphatic carbocycles. The van der Waals surface area contributed by atoms with E-state index >= 15 is 0 Å². The van der Waals surface area contributed by atoms with Gasteiger partial charge in [0.2, 0.25) is 0 Å². The zero-order chi connectivity index (χ0) is 7.56. The van der Waals surface area contributed by atoms with E-state index in [9.17, 15) is 4.39 Å². The van der Waals surface area contributed by atoms with E-state index in [-0.39, 0.29) is 0 Å². The molecular formula is C8H6ClF. The summed E-state index contributed by atoms with van der Waals surface area (Å²) in [6.07, 6.45) is 0. The Bertz CT molecular complexity index is 255. The minimum atomic E-state index is -0.456. The minimum Gasteiger partial charge on any atom is -0.207 e. The monoisotopic (exact) mass is 156 g/mol. The topological polar surface area (TPSA) is 0 Å². The number of halogens is 2. The van der Waals surface area contributed by atoms with Crippen LogP contribution in [-0.4, -0.2) is 0 Å². The highest BCUT2D eigenvalue weighted by Gasteiger charge is 1.95.